The van der Waals surface area contributed by atoms with Crippen molar-refractivity contribution < 1.29 is 0 Å². The molecule has 0 amide bonds. The molecule has 0 radical (unpaired) electrons. The fourth-order valence-corrected chi connectivity index (χ4v) is 2.61. The molecule has 3 rings (SSSR count). The Morgan fingerprint density at radius 1 is 1.15 bits per heavy atom. The molecular formula is C10H15N3. The average molecular weight is 177 g/mol. The van der Waals surface area contributed by atoms with E-state index >= 15 is 0 Å². The first-order chi connectivity index (χ1) is 6.45. The third-order valence-electron chi connectivity index (χ3n) is 3.33. The summed E-state index contributed by atoms with van der Waals surface area (Å²) in [5.41, 5.74) is 4.14. The van der Waals surface area contributed by atoms with Crippen molar-refractivity contribution in [2.24, 2.45) is 0 Å². The van der Waals surface area contributed by atoms with Crippen LogP contribution in [0.25, 0.3) is 0 Å². The minimum Gasteiger partial charge on any atom is -0.307 e. The van der Waals surface area contributed by atoms with Gasteiger partial charge in [-0.3, -0.25) is 5.10 Å². The second kappa shape index (κ2) is 2.84. The second-order valence-electron chi connectivity index (χ2n) is 4.15. The van der Waals surface area contributed by atoms with Crippen molar-refractivity contribution in [3.8, 4) is 0 Å². The zero-order valence-corrected chi connectivity index (χ0v) is 7.77. The van der Waals surface area contributed by atoms with E-state index in [-0.39, 0.29) is 0 Å². The zero-order valence-electron chi connectivity index (χ0n) is 7.77. The fraction of sp³-hybridized carbons (Fsp3) is 0.700. The van der Waals surface area contributed by atoms with Crippen LogP contribution >= 0.6 is 0 Å². The van der Waals surface area contributed by atoms with Crippen LogP contribution in [0.2, 0.25) is 0 Å². The SMILES string of the molecule is C1CCC(c2n[nH]c3c2CNC3)C1. The number of rotatable bonds is 1. The van der Waals surface area contributed by atoms with Gasteiger partial charge in [-0.25, -0.2) is 0 Å². The van der Waals surface area contributed by atoms with Crippen molar-refractivity contribution in [1.82, 2.24) is 15.5 Å². The summed E-state index contributed by atoms with van der Waals surface area (Å²) in [6.45, 7) is 2.01. The molecule has 0 spiro atoms. The summed E-state index contributed by atoms with van der Waals surface area (Å²) in [5, 5.41) is 11.0. The molecule has 1 aliphatic carbocycles. The van der Waals surface area contributed by atoms with Gasteiger partial charge < -0.3 is 5.32 Å². The maximum atomic E-state index is 4.45. The lowest BCUT2D eigenvalue weighted by molar-refractivity contribution is 0.664. The van der Waals surface area contributed by atoms with E-state index in [2.05, 4.69) is 15.5 Å². The Bertz CT molecular complexity index is 310. The van der Waals surface area contributed by atoms with Crippen LogP contribution in [0.1, 0.15) is 48.6 Å². The minimum absolute atomic E-state index is 0.750. The largest absolute Gasteiger partial charge is 0.307 e. The van der Waals surface area contributed by atoms with Gasteiger partial charge in [0.15, 0.2) is 0 Å². The Hall–Kier alpha value is -0.830. The molecule has 0 atom stereocenters. The number of fused-ring (bicyclic) bond motifs is 1. The van der Waals surface area contributed by atoms with E-state index in [1.807, 2.05) is 0 Å². The van der Waals surface area contributed by atoms with Crippen molar-refractivity contribution >= 4 is 0 Å². The quantitative estimate of drug-likeness (QED) is 0.685. The predicted octanol–water partition coefficient (Wildman–Crippen LogP) is 1.67. The molecule has 2 N–H and O–H groups in total. The molecular weight excluding hydrogens is 162 g/mol. The summed E-state index contributed by atoms with van der Waals surface area (Å²) in [5.74, 6) is 0.750. The Morgan fingerprint density at radius 3 is 2.85 bits per heavy atom. The van der Waals surface area contributed by atoms with Gasteiger partial charge in [-0.1, -0.05) is 12.8 Å². The van der Waals surface area contributed by atoms with E-state index in [4.69, 9.17) is 0 Å². The monoisotopic (exact) mass is 177 g/mol. The summed E-state index contributed by atoms with van der Waals surface area (Å²) in [7, 11) is 0. The lowest BCUT2D eigenvalue weighted by Gasteiger charge is -2.06. The van der Waals surface area contributed by atoms with Crippen molar-refractivity contribution in [1.29, 1.82) is 0 Å². The summed E-state index contributed by atoms with van der Waals surface area (Å²) < 4.78 is 0. The molecule has 1 aromatic heterocycles. The molecule has 1 aliphatic heterocycles. The average Bonchev–Trinajstić information content (AvgIpc) is 2.79. The first-order valence-electron chi connectivity index (χ1n) is 5.22. The Kier molecular flexibility index (Phi) is 1.65. The molecule has 1 aromatic rings. The van der Waals surface area contributed by atoms with Gasteiger partial charge in [0.25, 0.3) is 0 Å². The van der Waals surface area contributed by atoms with Gasteiger partial charge in [0.05, 0.1) is 11.4 Å². The number of nitrogens with one attached hydrogen (secondary N) is 2. The molecule has 0 bridgehead atoms. The van der Waals surface area contributed by atoms with Crippen LogP contribution in [0.3, 0.4) is 0 Å². The number of nitrogens with zero attached hydrogens (tertiary/aromatic N) is 1. The lowest BCUT2D eigenvalue weighted by Crippen LogP contribution is -2.05. The van der Waals surface area contributed by atoms with E-state index in [0.29, 0.717) is 0 Å². The zero-order chi connectivity index (χ0) is 8.67. The molecule has 13 heavy (non-hydrogen) atoms. The minimum atomic E-state index is 0.750. The summed E-state index contributed by atoms with van der Waals surface area (Å²) in [6, 6.07) is 0. The van der Waals surface area contributed by atoms with Crippen LogP contribution in [-0.4, -0.2) is 10.2 Å². The van der Waals surface area contributed by atoms with Crippen molar-refractivity contribution in [2.45, 2.75) is 44.7 Å². The Balaban J connectivity index is 1.95. The number of H-pyrrole nitrogens is 1. The van der Waals surface area contributed by atoms with E-state index in [1.54, 1.807) is 0 Å². The maximum absolute atomic E-state index is 4.45. The van der Waals surface area contributed by atoms with E-state index in [0.717, 1.165) is 19.0 Å². The third-order valence-corrected chi connectivity index (χ3v) is 3.33. The number of aromatic nitrogens is 2. The lowest BCUT2D eigenvalue weighted by atomic mass is 10.00. The molecule has 2 heterocycles. The van der Waals surface area contributed by atoms with Crippen molar-refractivity contribution in [3.05, 3.63) is 17.0 Å². The highest BCUT2D eigenvalue weighted by atomic mass is 15.2. The highest BCUT2D eigenvalue weighted by Crippen LogP contribution is 2.36. The molecule has 0 unspecified atom stereocenters. The van der Waals surface area contributed by atoms with Crippen molar-refractivity contribution in [2.75, 3.05) is 0 Å². The van der Waals surface area contributed by atoms with Crippen LogP contribution < -0.4 is 5.32 Å². The van der Waals surface area contributed by atoms with Gasteiger partial charge in [0.1, 0.15) is 0 Å². The molecule has 0 saturated heterocycles. The van der Waals surface area contributed by atoms with E-state index < -0.39 is 0 Å². The highest BCUT2D eigenvalue weighted by molar-refractivity contribution is 5.31. The van der Waals surface area contributed by atoms with Crippen LogP contribution in [0.15, 0.2) is 0 Å². The van der Waals surface area contributed by atoms with E-state index in [9.17, 15) is 0 Å². The van der Waals surface area contributed by atoms with Crippen LogP contribution in [0, 0.1) is 0 Å². The summed E-state index contributed by atoms with van der Waals surface area (Å²) in [4.78, 5) is 0. The van der Waals surface area contributed by atoms with Gasteiger partial charge >= 0.3 is 0 Å². The van der Waals surface area contributed by atoms with Crippen LogP contribution in [0.4, 0.5) is 0 Å². The summed E-state index contributed by atoms with van der Waals surface area (Å²) >= 11 is 0. The van der Waals surface area contributed by atoms with E-state index in [1.165, 1.54) is 42.6 Å². The number of hydrogen-bond donors (Lipinski definition) is 2. The molecule has 2 aliphatic rings. The Morgan fingerprint density at radius 2 is 2.00 bits per heavy atom. The van der Waals surface area contributed by atoms with Gasteiger partial charge in [0, 0.05) is 24.6 Å². The molecule has 3 heteroatoms. The molecule has 70 valence electrons. The van der Waals surface area contributed by atoms with Crippen LogP contribution in [-0.2, 0) is 13.1 Å². The third kappa shape index (κ3) is 1.10. The second-order valence-corrected chi connectivity index (χ2v) is 4.15. The van der Waals surface area contributed by atoms with Crippen molar-refractivity contribution in [3.63, 3.8) is 0 Å². The van der Waals surface area contributed by atoms with Gasteiger partial charge in [0.2, 0.25) is 0 Å². The Labute approximate surface area is 77.9 Å². The maximum Gasteiger partial charge on any atom is 0.0701 e. The predicted molar refractivity (Wildman–Crippen MR) is 50.3 cm³/mol. The van der Waals surface area contributed by atoms with Gasteiger partial charge in [-0.2, -0.15) is 5.10 Å². The fourth-order valence-electron chi connectivity index (χ4n) is 2.61. The first kappa shape index (κ1) is 7.56. The smallest absolute Gasteiger partial charge is 0.0701 e. The topological polar surface area (TPSA) is 40.7 Å². The number of hydrogen-bond acceptors (Lipinski definition) is 2. The standard InChI is InChI=1S/C10H15N3/c1-2-4-7(3-1)10-8-5-11-6-9(8)12-13-10/h7,11H,1-6H2,(H,12,13). The molecule has 1 saturated carbocycles. The summed E-state index contributed by atoms with van der Waals surface area (Å²) in [6.07, 6.45) is 5.47. The highest BCUT2D eigenvalue weighted by Gasteiger charge is 2.26. The van der Waals surface area contributed by atoms with Gasteiger partial charge in [-0.15, -0.1) is 0 Å². The van der Waals surface area contributed by atoms with Gasteiger partial charge in [-0.05, 0) is 12.8 Å². The first-order valence-corrected chi connectivity index (χ1v) is 5.22. The number of aromatic amines is 1. The molecule has 3 nitrogen and oxygen atoms in total. The van der Waals surface area contributed by atoms with Crippen LogP contribution in [0.5, 0.6) is 0 Å². The molecule has 1 fully saturated rings. The normalized spacial score (nSPS) is 22.5. The molecule has 0 aromatic carbocycles.